The highest BCUT2D eigenvalue weighted by Gasteiger charge is 2.32. The SMILES string of the molecule is CCCCc1cc(C=O)ccc1C(F)(F)F. The molecule has 1 rings (SSSR count). The highest BCUT2D eigenvalue weighted by molar-refractivity contribution is 5.75. The normalized spacial score (nSPS) is 11.5. The monoisotopic (exact) mass is 230 g/mol. The zero-order valence-electron chi connectivity index (χ0n) is 8.97. The lowest BCUT2D eigenvalue weighted by molar-refractivity contribution is -0.138. The first-order chi connectivity index (χ1) is 7.49. The molecular weight excluding hydrogens is 217 g/mol. The summed E-state index contributed by atoms with van der Waals surface area (Å²) in [5.74, 6) is 0. The summed E-state index contributed by atoms with van der Waals surface area (Å²) in [7, 11) is 0. The first kappa shape index (κ1) is 12.7. The highest BCUT2D eigenvalue weighted by atomic mass is 19.4. The Balaban J connectivity index is 3.11. The number of alkyl halides is 3. The van der Waals surface area contributed by atoms with E-state index in [-0.39, 0.29) is 5.56 Å². The van der Waals surface area contributed by atoms with E-state index in [1.54, 1.807) is 0 Å². The predicted octanol–water partition coefficient (Wildman–Crippen LogP) is 3.86. The molecule has 0 fully saturated rings. The van der Waals surface area contributed by atoms with E-state index in [2.05, 4.69) is 0 Å². The second-order valence-corrected chi connectivity index (χ2v) is 3.64. The van der Waals surface area contributed by atoms with Crippen LogP contribution in [0.25, 0.3) is 0 Å². The molecule has 4 heteroatoms. The number of benzene rings is 1. The largest absolute Gasteiger partial charge is 0.416 e. The zero-order chi connectivity index (χ0) is 12.2. The third-order valence-corrected chi connectivity index (χ3v) is 2.37. The number of hydrogen-bond donors (Lipinski definition) is 0. The fourth-order valence-corrected chi connectivity index (χ4v) is 1.54. The van der Waals surface area contributed by atoms with Crippen molar-refractivity contribution in [3.63, 3.8) is 0 Å². The lowest BCUT2D eigenvalue weighted by Crippen LogP contribution is -2.09. The summed E-state index contributed by atoms with van der Waals surface area (Å²) in [4.78, 5) is 10.5. The van der Waals surface area contributed by atoms with E-state index >= 15 is 0 Å². The van der Waals surface area contributed by atoms with Gasteiger partial charge in [0, 0.05) is 5.56 Å². The topological polar surface area (TPSA) is 17.1 Å². The Labute approximate surface area is 92.3 Å². The van der Waals surface area contributed by atoms with Crippen molar-refractivity contribution in [1.82, 2.24) is 0 Å². The highest BCUT2D eigenvalue weighted by Crippen LogP contribution is 2.33. The van der Waals surface area contributed by atoms with Crippen molar-refractivity contribution in [2.24, 2.45) is 0 Å². The Kier molecular flexibility index (Phi) is 4.10. The molecule has 0 amide bonds. The molecule has 88 valence electrons. The third kappa shape index (κ3) is 3.08. The molecular formula is C12H13F3O. The molecule has 0 spiro atoms. The van der Waals surface area contributed by atoms with E-state index < -0.39 is 11.7 Å². The van der Waals surface area contributed by atoms with Crippen LogP contribution in [0.3, 0.4) is 0 Å². The van der Waals surface area contributed by atoms with Gasteiger partial charge in [-0.3, -0.25) is 4.79 Å². The number of halogens is 3. The minimum Gasteiger partial charge on any atom is -0.298 e. The van der Waals surface area contributed by atoms with Gasteiger partial charge >= 0.3 is 6.18 Å². The fraction of sp³-hybridized carbons (Fsp3) is 0.417. The van der Waals surface area contributed by atoms with Crippen LogP contribution in [0.15, 0.2) is 18.2 Å². The molecule has 0 bridgehead atoms. The number of carbonyl (C=O) groups is 1. The number of hydrogen-bond acceptors (Lipinski definition) is 1. The number of aldehydes is 1. The van der Waals surface area contributed by atoms with E-state index in [9.17, 15) is 18.0 Å². The van der Waals surface area contributed by atoms with Gasteiger partial charge in [0.25, 0.3) is 0 Å². The Bertz CT molecular complexity index is 369. The van der Waals surface area contributed by atoms with Crippen LogP contribution in [0.5, 0.6) is 0 Å². The first-order valence-electron chi connectivity index (χ1n) is 5.14. The van der Waals surface area contributed by atoms with Crippen LogP contribution >= 0.6 is 0 Å². The fourth-order valence-electron chi connectivity index (χ4n) is 1.54. The van der Waals surface area contributed by atoms with Crippen LogP contribution in [0.2, 0.25) is 0 Å². The standard InChI is InChI=1S/C12H13F3O/c1-2-3-4-10-7-9(8-16)5-6-11(10)12(13,14)15/h5-8H,2-4H2,1H3. The molecule has 0 saturated heterocycles. The maximum absolute atomic E-state index is 12.6. The number of aryl methyl sites for hydroxylation is 1. The van der Waals surface area contributed by atoms with Gasteiger partial charge in [0.2, 0.25) is 0 Å². The van der Waals surface area contributed by atoms with Gasteiger partial charge in [0.1, 0.15) is 6.29 Å². The Morgan fingerprint density at radius 3 is 2.50 bits per heavy atom. The van der Waals surface area contributed by atoms with Crippen LogP contribution in [0, 0.1) is 0 Å². The van der Waals surface area contributed by atoms with Crippen molar-refractivity contribution in [1.29, 1.82) is 0 Å². The zero-order valence-corrected chi connectivity index (χ0v) is 8.97. The lowest BCUT2D eigenvalue weighted by Gasteiger charge is -2.12. The number of carbonyl (C=O) groups excluding carboxylic acids is 1. The summed E-state index contributed by atoms with van der Waals surface area (Å²) < 4.78 is 37.9. The molecule has 1 aromatic rings. The summed E-state index contributed by atoms with van der Waals surface area (Å²) >= 11 is 0. The molecule has 0 aliphatic rings. The van der Waals surface area contributed by atoms with E-state index in [4.69, 9.17) is 0 Å². The summed E-state index contributed by atoms with van der Waals surface area (Å²) in [5, 5.41) is 0. The minimum absolute atomic E-state index is 0.207. The molecule has 0 saturated carbocycles. The van der Waals surface area contributed by atoms with Gasteiger partial charge in [-0.2, -0.15) is 13.2 Å². The van der Waals surface area contributed by atoms with E-state index in [0.717, 1.165) is 12.5 Å². The molecule has 0 aromatic heterocycles. The van der Waals surface area contributed by atoms with Crippen molar-refractivity contribution < 1.29 is 18.0 Å². The molecule has 1 nitrogen and oxygen atoms in total. The average Bonchev–Trinajstić information content (AvgIpc) is 2.24. The second kappa shape index (κ2) is 5.14. The molecule has 0 unspecified atom stereocenters. The van der Waals surface area contributed by atoms with Gasteiger partial charge < -0.3 is 0 Å². The summed E-state index contributed by atoms with van der Waals surface area (Å²) in [6, 6.07) is 3.51. The van der Waals surface area contributed by atoms with Crippen LogP contribution in [-0.2, 0) is 12.6 Å². The van der Waals surface area contributed by atoms with Gasteiger partial charge in [-0.05, 0) is 30.5 Å². The minimum atomic E-state index is -4.34. The van der Waals surface area contributed by atoms with E-state index in [1.165, 1.54) is 12.1 Å². The average molecular weight is 230 g/mol. The summed E-state index contributed by atoms with van der Waals surface area (Å²) in [6.07, 6.45) is -1.92. The molecule has 16 heavy (non-hydrogen) atoms. The van der Waals surface area contributed by atoms with Crippen molar-refractivity contribution in [2.75, 3.05) is 0 Å². The maximum atomic E-state index is 12.6. The van der Waals surface area contributed by atoms with Crippen molar-refractivity contribution in [3.8, 4) is 0 Å². The summed E-state index contributed by atoms with van der Waals surface area (Å²) in [5.41, 5.74) is -0.135. The smallest absolute Gasteiger partial charge is 0.298 e. The summed E-state index contributed by atoms with van der Waals surface area (Å²) in [6.45, 7) is 1.91. The Morgan fingerprint density at radius 1 is 1.31 bits per heavy atom. The van der Waals surface area contributed by atoms with Crippen molar-refractivity contribution in [2.45, 2.75) is 32.4 Å². The molecule has 0 atom stereocenters. The molecule has 1 aromatic carbocycles. The lowest BCUT2D eigenvalue weighted by atomic mass is 9.99. The molecule has 0 N–H and O–H groups in total. The number of rotatable bonds is 4. The molecule has 0 aliphatic heterocycles. The predicted molar refractivity (Wildman–Crippen MR) is 55.4 cm³/mol. The van der Waals surface area contributed by atoms with Crippen molar-refractivity contribution >= 4 is 6.29 Å². The van der Waals surface area contributed by atoms with Gasteiger partial charge in [-0.15, -0.1) is 0 Å². The maximum Gasteiger partial charge on any atom is 0.416 e. The molecule has 0 radical (unpaired) electrons. The van der Waals surface area contributed by atoms with Crippen LogP contribution in [-0.4, -0.2) is 6.29 Å². The van der Waals surface area contributed by atoms with Crippen LogP contribution in [0.4, 0.5) is 13.2 Å². The van der Waals surface area contributed by atoms with Crippen LogP contribution in [0.1, 0.15) is 41.3 Å². The number of unbranched alkanes of at least 4 members (excludes halogenated alkanes) is 1. The third-order valence-electron chi connectivity index (χ3n) is 2.37. The van der Waals surface area contributed by atoms with Gasteiger partial charge in [0.05, 0.1) is 5.56 Å². The first-order valence-corrected chi connectivity index (χ1v) is 5.14. The van der Waals surface area contributed by atoms with E-state index in [0.29, 0.717) is 24.7 Å². The van der Waals surface area contributed by atoms with Gasteiger partial charge in [0.15, 0.2) is 0 Å². The van der Waals surface area contributed by atoms with Gasteiger partial charge in [-0.25, -0.2) is 0 Å². The Hall–Kier alpha value is -1.32. The molecule has 0 heterocycles. The molecule has 0 aliphatic carbocycles. The van der Waals surface area contributed by atoms with Gasteiger partial charge in [-0.1, -0.05) is 19.4 Å². The second-order valence-electron chi connectivity index (χ2n) is 3.64. The van der Waals surface area contributed by atoms with Crippen molar-refractivity contribution in [3.05, 3.63) is 34.9 Å². The van der Waals surface area contributed by atoms with E-state index in [1.807, 2.05) is 6.92 Å². The quantitative estimate of drug-likeness (QED) is 0.718. The Morgan fingerprint density at radius 2 is 2.00 bits per heavy atom. The van der Waals surface area contributed by atoms with Crippen LogP contribution < -0.4 is 0 Å².